The van der Waals surface area contributed by atoms with Crippen LogP contribution in [-0.4, -0.2) is 26.9 Å². The van der Waals surface area contributed by atoms with Crippen LogP contribution in [0.2, 0.25) is 5.02 Å². The molecule has 0 radical (unpaired) electrons. The van der Waals surface area contributed by atoms with E-state index >= 15 is 0 Å². The molecule has 1 aromatic rings. The molecule has 1 rings (SSSR count). The maximum Gasteiger partial charge on any atom is 0.411 e. The first-order chi connectivity index (χ1) is 8.12. The third-order valence-electron chi connectivity index (χ3n) is 1.99. The Morgan fingerprint density at radius 3 is 2.47 bits per heavy atom. The first-order valence-electron chi connectivity index (χ1n) is 4.97. The summed E-state index contributed by atoms with van der Waals surface area (Å²) in [6, 6.07) is 3.13. The molecule has 0 unspecified atom stereocenters. The molecule has 1 N–H and O–H groups in total. The Hall–Kier alpha value is -1.62. The summed E-state index contributed by atoms with van der Waals surface area (Å²) in [5.41, 5.74) is 0.437. The predicted octanol–water partition coefficient (Wildman–Crippen LogP) is 2.93. The van der Waals surface area contributed by atoms with Gasteiger partial charge in [-0.1, -0.05) is 11.6 Å². The maximum absolute atomic E-state index is 11.3. The highest BCUT2D eigenvalue weighted by Gasteiger charge is 2.12. The van der Waals surface area contributed by atoms with Crippen molar-refractivity contribution in [3.8, 4) is 11.5 Å². The lowest BCUT2D eigenvalue weighted by atomic mass is 10.2. The van der Waals surface area contributed by atoms with Crippen LogP contribution in [0.15, 0.2) is 12.1 Å². The minimum atomic E-state index is -0.560. The third-order valence-corrected chi connectivity index (χ3v) is 2.28. The van der Waals surface area contributed by atoms with Gasteiger partial charge in [0, 0.05) is 12.1 Å². The minimum absolute atomic E-state index is 0.291. The molecule has 0 saturated heterocycles. The van der Waals surface area contributed by atoms with Crippen LogP contribution in [0, 0.1) is 0 Å². The molecule has 0 atom stereocenters. The van der Waals surface area contributed by atoms with Crippen molar-refractivity contribution in [3.63, 3.8) is 0 Å². The standard InChI is InChI=1S/C11H14ClNO4/c1-4-17-11(14)13-8-6-9(15-2)7(12)5-10(8)16-3/h5-6H,4H2,1-3H3,(H,13,14). The number of carbonyl (C=O) groups is 1. The van der Waals surface area contributed by atoms with Crippen LogP contribution in [-0.2, 0) is 4.74 Å². The summed E-state index contributed by atoms with van der Waals surface area (Å²) < 4.78 is 14.9. The fourth-order valence-electron chi connectivity index (χ4n) is 1.24. The third kappa shape index (κ3) is 3.42. The number of halogens is 1. The lowest BCUT2D eigenvalue weighted by Gasteiger charge is -2.12. The number of rotatable bonds is 4. The number of ether oxygens (including phenoxy) is 3. The predicted molar refractivity (Wildman–Crippen MR) is 65.2 cm³/mol. The summed E-state index contributed by atoms with van der Waals surface area (Å²) in [7, 11) is 2.97. The van der Waals surface area contributed by atoms with Crippen LogP contribution in [0.3, 0.4) is 0 Å². The van der Waals surface area contributed by atoms with E-state index in [2.05, 4.69) is 5.32 Å². The highest BCUT2D eigenvalue weighted by atomic mass is 35.5. The van der Waals surface area contributed by atoms with E-state index in [0.717, 1.165) is 0 Å². The summed E-state index contributed by atoms with van der Waals surface area (Å²) in [4.78, 5) is 11.3. The molecule has 0 fully saturated rings. The molecule has 0 aliphatic rings. The number of benzene rings is 1. The molecule has 1 amide bonds. The lowest BCUT2D eigenvalue weighted by Crippen LogP contribution is -2.14. The van der Waals surface area contributed by atoms with Crippen molar-refractivity contribution in [3.05, 3.63) is 17.2 Å². The van der Waals surface area contributed by atoms with Gasteiger partial charge in [-0.3, -0.25) is 5.32 Å². The van der Waals surface area contributed by atoms with Gasteiger partial charge in [0.1, 0.15) is 11.5 Å². The smallest absolute Gasteiger partial charge is 0.411 e. The molecule has 0 spiro atoms. The number of methoxy groups -OCH3 is 2. The zero-order valence-corrected chi connectivity index (χ0v) is 10.6. The molecule has 0 aromatic heterocycles. The fourth-order valence-corrected chi connectivity index (χ4v) is 1.47. The molecule has 0 bridgehead atoms. The Balaban J connectivity index is 2.99. The molecular weight excluding hydrogens is 246 g/mol. The summed E-state index contributed by atoms with van der Waals surface area (Å²) in [5.74, 6) is 0.878. The van der Waals surface area contributed by atoms with Crippen LogP contribution in [0.1, 0.15) is 6.92 Å². The van der Waals surface area contributed by atoms with Gasteiger partial charge in [-0.15, -0.1) is 0 Å². The quantitative estimate of drug-likeness (QED) is 0.903. The van der Waals surface area contributed by atoms with Crippen molar-refractivity contribution in [2.45, 2.75) is 6.92 Å². The van der Waals surface area contributed by atoms with Crippen molar-refractivity contribution < 1.29 is 19.0 Å². The SMILES string of the molecule is CCOC(=O)Nc1cc(OC)c(Cl)cc1OC. The summed E-state index contributed by atoms with van der Waals surface area (Å²) in [6.45, 7) is 2.01. The van der Waals surface area contributed by atoms with Crippen molar-refractivity contribution in [1.82, 2.24) is 0 Å². The summed E-state index contributed by atoms with van der Waals surface area (Å²) in [6.07, 6.45) is -0.560. The van der Waals surface area contributed by atoms with E-state index in [1.165, 1.54) is 14.2 Å². The first kappa shape index (κ1) is 13.4. The van der Waals surface area contributed by atoms with Gasteiger partial charge in [0.25, 0.3) is 0 Å². The van der Waals surface area contributed by atoms with E-state index in [1.54, 1.807) is 19.1 Å². The second kappa shape index (κ2) is 6.20. The second-order valence-electron chi connectivity index (χ2n) is 3.03. The second-order valence-corrected chi connectivity index (χ2v) is 3.44. The van der Waals surface area contributed by atoms with Crippen molar-refractivity contribution in [2.24, 2.45) is 0 Å². The fraction of sp³-hybridized carbons (Fsp3) is 0.364. The van der Waals surface area contributed by atoms with Crippen molar-refractivity contribution in [2.75, 3.05) is 26.1 Å². The Labute approximate surface area is 105 Å². The molecule has 6 heteroatoms. The van der Waals surface area contributed by atoms with E-state index in [4.69, 9.17) is 25.8 Å². The van der Waals surface area contributed by atoms with E-state index in [9.17, 15) is 4.79 Å². The molecule has 0 heterocycles. The summed E-state index contributed by atoms with van der Waals surface area (Å²) in [5, 5.41) is 2.94. The highest BCUT2D eigenvalue weighted by Crippen LogP contribution is 2.35. The highest BCUT2D eigenvalue weighted by molar-refractivity contribution is 6.32. The van der Waals surface area contributed by atoms with Crippen LogP contribution in [0.4, 0.5) is 10.5 Å². The Morgan fingerprint density at radius 2 is 1.94 bits per heavy atom. The monoisotopic (exact) mass is 259 g/mol. The van der Waals surface area contributed by atoms with Crippen molar-refractivity contribution in [1.29, 1.82) is 0 Å². The zero-order chi connectivity index (χ0) is 12.8. The van der Waals surface area contributed by atoms with Gasteiger partial charge in [0.2, 0.25) is 0 Å². The van der Waals surface area contributed by atoms with Gasteiger partial charge in [0.05, 0.1) is 31.5 Å². The van der Waals surface area contributed by atoms with Gasteiger partial charge in [-0.05, 0) is 6.92 Å². The molecule has 5 nitrogen and oxygen atoms in total. The Bertz CT molecular complexity index is 409. The van der Waals surface area contributed by atoms with Crippen LogP contribution >= 0.6 is 11.6 Å². The molecule has 0 aliphatic carbocycles. The van der Waals surface area contributed by atoms with E-state index < -0.39 is 6.09 Å². The molecule has 0 aliphatic heterocycles. The van der Waals surface area contributed by atoms with Crippen LogP contribution in [0.5, 0.6) is 11.5 Å². The first-order valence-corrected chi connectivity index (χ1v) is 5.35. The van der Waals surface area contributed by atoms with Gasteiger partial charge >= 0.3 is 6.09 Å². The molecule has 1 aromatic carbocycles. The largest absolute Gasteiger partial charge is 0.495 e. The molecule has 0 saturated carbocycles. The van der Waals surface area contributed by atoms with Crippen LogP contribution in [0.25, 0.3) is 0 Å². The number of hydrogen-bond acceptors (Lipinski definition) is 4. The van der Waals surface area contributed by atoms with Gasteiger partial charge in [-0.2, -0.15) is 0 Å². The Morgan fingerprint density at radius 1 is 1.29 bits per heavy atom. The van der Waals surface area contributed by atoms with Crippen molar-refractivity contribution >= 4 is 23.4 Å². The topological polar surface area (TPSA) is 56.8 Å². The normalized spacial score (nSPS) is 9.65. The molecular formula is C11H14ClNO4. The van der Waals surface area contributed by atoms with Crippen LogP contribution < -0.4 is 14.8 Å². The average molecular weight is 260 g/mol. The molecule has 94 valence electrons. The number of hydrogen-bond donors (Lipinski definition) is 1. The average Bonchev–Trinajstić information content (AvgIpc) is 2.31. The lowest BCUT2D eigenvalue weighted by molar-refractivity contribution is 0.168. The van der Waals surface area contributed by atoms with E-state index in [1.807, 2.05) is 0 Å². The number of carbonyl (C=O) groups excluding carboxylic acids is 1. The van der Waals surface area contributed by atoms with Gasteiger partial charge < -0.3 is 14.2 Å². The summed E-state index contributed by atoms with van der Waals surface area (Å²) >= 11 is 5.93. The van der Waals surface area contributed by atoms with E-state index in [-0.39, 0.29) is 0 Å². The maximum atomic E-state index is 11.3. The van der Waals surface area contributed by atoms with Gasteiger partial charge in [-0.25, -0.2) is 4.79 Å². The molecule has 17 heavy (non-hydrogen) atoms. The number of anilines is 1. The Kier molecular flexibility index (Phi) is 4.90. The minimum Gasteiger partial charge on any atom is -0.495 e. The van der Waals surface area contributed by atoms with E-state index in [0.29, 0.717) is 28.8 Å². The van der Waals surface area contributed by atoms with Gasteiger partial charge in [0.15, 0.2) is 0 Å². The number of amides is 1. The number of nitrogens with one attached hydrogen (secondary N) is 1. The zero-order valence-electron chi connectivity index (χ0n) is 9.87.